The molecule has 0 aromatic heterocycles. The van der Waals surface area contributed by atoms with Gasteiger partial charge < -0.3 is 118 Å². The van der Waals surface area contributed by atoms with Crippen molar-refractivity contribution in [3.63, 3.8) is 0 Å². The zero-order chi connectivity index (χ0) is 57.4. The molecule has 1 saturated carbocycles. The van der Waals surface area contributed by atoms with E-state index in [1.165, 1.54) is 12.2 Å². The molecule has 4 fully saturated rings. The van der Waals surface area contributed by atoms with Crippen molar-refractivity contribution >= 4 is 23.9 Å². The van der Waals surface area contributed by atoms with Crippen molar-refractivity contribution < 1.29 is 137 Å². The number of aliphatic hydroxyl groups is 12. The van der Waals surface area contributed by atoms with Crippen molar-refractivity contribution in [3.8, 4) is 0 Å². The molecule has 0 bridgehead atoms. The van der Waals surface area contributed by atoms with E-state index in [0.717, 1.165) is 26.7 Å². The Morgan fingerprint density at radius 1 is 0.615 bits per heavy atom. The van der Waals surface area contributed by atoms with E-state index in [2.05, 4.69) is 0 Å². The maximum atomic E-state index is 14.2. The van der Waals surface area contributed by atoms with Gasteiger partial charge in [0.1, 0.15) is 79.4 Å². The van der Waals surface area contributed by atoms with Gasteiger partial charge in [-0.15, -0.1) is 0 Å². The van der Waals surface area contributed by atoms with Crippen molar-refractivity contribution in [2.75, 3.05) is 47.3 Å². The Kier molecular flexibility index (Phi) is 22.5. The molecule has 28 nitrogen and oxygen atoms in total. The Hall–Kier alpha value is -4.28. The van der Waals surface area contributed by atoms with E-state index in [1.807, 2.05) is 0 Å². The predicted molar refractivity (Wildman–Crippen MR) is 254 cm³/mol. The van der Waals surface area contributed by atoms with Crippen LogP contribution < -0.4 is 0 Å². The van der Waals surface area contributed by atoms with Crippen LogP contribution in [0.25, 0.3) is 0 Å². The summed E-state index contributed by atoms with van der Waals surface area (Å²) in [4.78, 5) is 54.4. The fourth-order valence-corrected chi connectivity index (χ4v) is 10.6. The van der Waals surface area contributed by atoms with E-state index < -0.39 is 203 Å². The maximum absolute atomic E-state index is 14.2. The molecule has 24 atom stereocenters. The van der Waals surface area contributed by atoms with Gasteiger partial charge in [-0.3, -0.25) is 9.59 Å². The Morgan fingerprint density at radius 2 is 1.03 bits per heavy atom. The number of aliphatic hydroxyl groups excluding tert-OH is 12. The first-order chi connectivity index (χ1) is 37.1. The molecule has 0 radical (unpaired) electrons. The number of allylic oxidation sites excluding steroid dienone is 2. The Labute approximate surface area is 447 Å². The van der Waals surface area contributed by atoms with E-state index in [-0.39, 0.29) is 41.9 Å². The van der Waals surface area contributed by atoms with Crippen LogP contribution in [0, 0.1) is 35.5 Å². The van der Waals surface area contributed by atoms with Gasteiger partial charge in [-0.1, -0.05) is 26.0 Å². The molecule has 1 unspecified atom stereocenters. The molecule has 442 valence electrons. The largest absolute Gasteiger partial charge is 0.468 e. The lowest BCUT2D eigenvalue weighted by Crippen LogP contribution is -2.60. The first kappa shape index (κ1) is 62.9. The predicted octanol–water partition coefficient (Wildman–Crippen LogP) is -4.47. The normalized spacial score (nSPS) is 41.4. The summed E-state index contributed by atoms with van der Waals surface area (Å²) in [6.07, 6.45) is -24.3. The molecule has 3 saturated heterocycles. The van der Waals surface area contributed by atoms with E-state index >= 15 is 0 Å². The fourth-order valence-electron chi connectivity index (χ4n) is 10.6. The first-order valence-electron chi connectivity index (χ1n) is 25.5. The van der Waals surface area contributed by atoms with Gasteiger partial charge in [-0.2, -0.15) is 0 Å². The number of hydrogen-bond donors (Lipinski definition) is 12. The van der Waals surface area contributed by atoms with Crippen molar-refractivity contribution in [1.82, 2.24) is 0 Å². The Balaban J connectivity index is 1.20. The van der Waals surface area contributed by atoms with Crippen LogP contribution in [0.15, 0.2) is 47.0 Å². The summed E-state index contributed by atoms with van der Waals surface area (Å²) in [5.74, 6) is -7.95. The van der Waals surface area contributed by atoms with Crippen LogP contribution in [0.4, 0.5) is 0 Å². The van der Waals surface area contributed by atoms with E-state index in [1.54, 1.807) is 27.7 Å². The van der Waals surface area contributed by atoms with Gasteiger partial charge in [0, 0.05) is 28.9 Å². The molecule has 0 amide bonds. The molecule has 12 N–H and O–H groups in total. The lowest BCUT2D eigenvalue weighted by molar-refractivity contribution is -0.327. The van der Waals surface area contributed by atoms with Gasteiger partial charge in [-0.05, 0) is 38.0 Å². The molecule has 0 spiro atoms. The van der Waals surface area contributed by atoms with Crippen molar-refractivity contribution in [2.24, 2.45) is 35.5 Å². The summed E-state index contributed by atoms with van der Waals surface area (Å²) in [7, 11) is 2.21. The summed E-state index contributed by atoms with van der Waals surface area (Å²) in [5.41, 5.74) is 0.0691. The van der Waals surface area contributed by atoms with Gasteiger partial charge in [-0.25, -0.2) is 9.59 Å². The first-order valence-corrected chi connectivity index (χ1v) is 25.5. The quantitative estimate of drug-likeness (QED) is 0.0311. The van der Waals surface area contributed by atoms with Crippen LogP contribution in [0.1, 0.15) is 47.0 Å². The SMILES string of the molecule is C/C=C1/[C@H](O[C@@H]2O[C@H](CO)[C@@H](O)[C@H](O)[C@H]2O)OC=C(C(=O)OC)[C@H]1CC(=O)OC[C@@H]1[C@@H](C)[C@@H](OC(=O)C[C@@H]2C(C(=O)OC)=CO[C@@H](O[C@@H]3O[C@H](CO)[C@@H](O)[C@H](O)[C@H]3O)/C2=C/C)C[C@H]1C(C)CO[C@@H]1O[C@H](CO)[C@@H](O)[C@H](O)[C@H]1O. The highest BCUT2D eigenvalue weighted by Gasteiger charge is 2.51. The zero-order valence-corrected chi connectivity index (χ0v) is 43.7. The highest BCUT2D eigenvalue weighted by Crippen LogP contribution is 2.45. The number of methoxy groups -OCH3 is 2. The van der Waals surface area contributed by atoms with Crippen molar-refractivity contribution in [3.05, 3.63) is 47.0 Å². The molecular weight excluding hydrogens is 1050 g/mol. The topological polar surface area (TPSA) is 422 Å². The molecule has 1 aliphatic carbocycles. The minimum Gasteiger partial charge on any atom is -0.468 e. The summed E-state index contributed by atoms with van der Waals surface area (Å²) < 4.78 is 67.6. The molecule has 78 heavy (non-hydrogen) atoms. The second-order valence-corrected chi connectivity index (χ2v) is 20.0. The average Bonchev–Trinajstić information content (AvgIpc) is 3.78. The molecule has 6 rings (SSSR count). The average molecular weight is 1120 g/mol. The van der Waals surface area contributed by atoms with Crippen LogP contribution in [0.2, 0.25) is 0 Å². The van der Waals surface area contributed by atoms with Gasteiger partial charge >= 0.3 is 23.9 Å². The number of carbonyl (C=O) groups is 4. The molecule has 5 heterocycles. The van der Waals surface area contributed by atoms with Crippen LogP contribution >= 0.6 is 0 Å². The second-order valence-electron chi connectivity index (χ2n) is 20.0. The van der Waals surface area contributed by atoms with Crippen LogP contribution in [-0.2, 0) is 76.0 Å². The van der Waals surface area contributed by atoms with Crippen LogP contribution in [-0.4, -0.2) is 243 Å². The molecule has 28 heteroatoms. The number of carbonyl (C=O) groups excluding carboxylic acids is 4. The fraction of sp³-hybridized carbons (Fsp3) is 0.760. The second kappa shape index (κ2) is 27.9. The third-order valence-corrected chi connectivity index (χ3v) is 15.3. The minimum atomic E-state index is -1.82. The van der Waals surface area contributed by atoms with Crippen LogP contribution in [0.3, 0.4) is 0 Å². The van der Waals surface area contributed by atoms with Gasteiger partial charge in [0.05, 0.1) is 83.8 Å². The van der Waals surface area contributed by atoms with Gasteiger partial charge in [0.15, 0.2) is 18.9 Å². The zero-order valence-electron chi connectivity index (χ0n) is 43.7. The summed E-state index contributed by atoms with van der Waals surface area (Å²) in [5, 5.41) is 123. The summed E-state index contributed by atoms with van der Waals surface area (Å²) in [6, 6.07) is 0. The third-order valence-electron chi connectivity index (χ3n) is 15.3. The lowest BCUT2D eigenvalue weighted by Gasteiger charge is -2.42. The van der Waals surface area contributed by atoms with Crippen LogP contribution in [0.5, 0.6) is 0 Å². The molecule has 6 aliphatic rings. The Morgan fingerprint density at radius 3 is 1.44 bits per heavy atom. The monoisotopic (exact) mass is 1120 g/mol. The smallest absolute Gasteiger partial charge is 0.337 e. The number of rotatable bonds is 20. The minimum absolute atomic E-state index is 0.121. The molecular formula is C50H74O28. The molecule has 0 aromatic rings. The summed E-state index contributed by atoms with van der Waals surface area (Å²) >= 11 is 0. The van der Waals surface area contributed by atoms with E-state index in [0.29, 0.717) is 0 Å². The molecule has 5 aliphatic heterocycles. The number of esters is 4. The lowest BCUT2D eigenvalue weighted by atomic mass is 9.83. The number of hydrogen-bond acceptors (Lipinski definition) is 28. The Bertz CT molecular complexity index is 2160. The highest BCUT2D eigenvalue weighted by atomic mass is 16.8. The van der Waals surface area contributed by atoms with E-state index in [9.17, 15) is 80.5 Å². The maximum Gasteiger partial charge on any atom is 0.337 e. The standard InChI is InChI=1S/C50H74O28/c1-7-21-24(27(44(65)67-5)17-71-46(21)77-49-42(63)39(60)36(57)31(13-52)75-49)10-33(54)69-16-26-20(4)29(9-23(26)19(3)15-70-48-41(62)38(59)35(56)30(12-51)74-48)73-34(55)11-25-22(8-2)47(72-18-28(25)45(66)68-6)78-50-43(64)40(61)37(58)32(14-53)76-50/h7-8,17-20,23-26,29-32,35-43,46-53,56-64H,9-16H2,1-6H3/b21-7+,22-8+/t19?,20-,23+,24+,25+,26-,29+,30-,31-,32-,35-,36-,37-,38+,39+,40+,41-,42-,43-,46+,47+,48-,49+,50+/m1/s1. The van der Waals surface area contributed by atoms with Crippen molar-refractivity contribution in [1.29, 1.82) is 0 Å². The van der Waals surface area contributed by atoms with Crippen molar-refractivity contribution in [2.45, 2.75) is 158 Å². The van der Waals surface area contributed by atoms with Gasteiger partial charge in [0.25, 0.3) is 0 Å². The number of ether oxygens (including phenoxy) is 12. The third kappa shape index (κ3) is 13.7. The summed E-state index contributed by atoms with van der Waals surface area (Å²) in [6.45, 7) is 3.89. The highest BCUT2D eigenvalue weighted by molar-refractivity contribution is 5.91. The molecule has 0 aromatic carbocycles. The van der Waals surface area contributed by atoms with Gasteiger partial charge in [0.2, 0.25) is 12.6 Å². The van der Waals surface area contributed by atoms with E-state index in [4.69, 9.17) is 56.8 Å².